The molecule has 0 radical (unpaired) electrons. The lowest BCUT2D eigenvalue weighted by atomic mass is 10.3. The first kappa shape index (κ1) is 15.4. The molecule has 1 aromatic heterocycles. The normalized spacial score (nSPS) is 10.6. The van der Waals surface area contributed by atoms with Crippen molar-refractivity contribution in [2.75, 3.05) is 11.9 Å². The van der Waals surface area contributed by atoms with Crippen LogP contribution in [0.25, 0.3) is 0 Å². The second kappa shape index (κ2) is 7.14. The summed E-state index contributed by atoms with van der Waals surface area (Å²) < 4.78 is 14.3. The largest absolute Gasteiger partial charge is 0.396 e. The smallest absolute Gasteiger partial charge is 0.246 e. The Bertz CT molecular complexity index is 632. The molecule has 0 aliphatic heterocycles. The number of nitrogens with zero attached hydrogens (tertiary/aromatic N) is 3. The van der Waals surface area contributed by atoms with Crippen molar-refractivity contribution >= 4 is 23.2 Å². The summed E-state index contributed by atoms with van der Waals surface area (Å²) in [5.74, 6) is -0.815. The summed E-state index contributed by atoms with van der Waals surface area (Å²) in [6, 6.07) is 3.73. The van der Waals surface area contributed by atoms with Gasteiger partial charge in [-0.25, -0.2) is 9.07 Å². The van der Waals surface area contributed by atoms with Crippen LogP contribution in [0.2, 0.25) is 5.02 Å². The van der Waals surface area contributed by atoms with Crippen molar-refractivity contribution in [3.05, 3.63) is 40.9 Å². The zero-order chi connectivity index (χ0) is 15.2. The summed E-state index contributed by atoms with van der Waals surface area (Å²) in [4.78, 5) is 11.9. The number of hydrogen-bond acceptors (Lipinski definition) is 4. The van der Waals surface area contributed by atoms with Crippen LogP contribution < -0.4 is 5.32 Å². The first-order valence-corrected chi connectivity index (χ1v) is 6.71. The molecule has 0 saturated carbocycles. The summed E-state index contributed by atoms with van der Waals surface area (Å²) in [6.07, 6.45) is 2.83. The first-order valence-electron chi connectivity index (χ1n) is 6.33. The molecular formula is C13H14ClFN4O2. The lowest BCUT2D eigenvalue weighted by molar-refractivity contribution is -0.116. The van der Waals surface area contributed by atoms with E-state index in [1.807, 2.05) is 0 Å². The maximum absolute atomic E-state index is 12.9. The van der Waals surface area contributed by atoms with Gasteiger partial charge in [-0.1, -0.05) is 16.8 Å². The van der Waals surface area contributed by atoms with Crippen molar-refractivity contribution < 1.29 is 14.3 Å². The molecule has 1 heterocycles. The second-order valence-electron chi connectivity index (χ2n) is 4.41. The molecule has 0 saturated heterocycles. The molecule has 8 heteroatoms. The van der Waals surface area contributed by atoms with Crippen molar-refractivity contribution in [1.29, 1.82) is 0 Å². The third kappa shape index (κ3) is 4.51. The van der Waals surface area contributed by atoms with Crippen LogP contribution in [0.3, 0.4) is 0 Å². The molecule has 0 atom stereocenters. The van der Waals surface area contributed by atoms with Crippen molar-refractivity contribution in [3.63, 3.8) is 0 Å². The number of nitrogens with one attached hydrogen (secondary N) is 1. The van der Waals surface area contributed by atoms with E-state index in [2.05, 4.69) is 15.6 Å². The molecule has 0 unspecified atom stereocenters. The van der Waals surface area contributed by atoms with Gasteiger partial charge in [0, 0.05) is 12.8 Å². The van der Waals surface area contributed by atoms with E-state index in [4.69, 9.17) is 16.7 Å². The summed E-state index contributed by atoms with van der Waals surface area (Å²) >= 11 is 5.82. The highest BCUT2D eigenvalue weighted by Crippen LogP contribution is 2.22. The molecule has 2 N–H and O–H groups in total. The van der Waals surface area contributed by atoms with Crippen LogP contribution in [-0.2, 0) is 17.8 Å². The molecule has 0 spiro atoms. The highest BCUT2D eigenvalue weighted by molar-refractivity contribution is 6.33. The average molecular weight is 313 g/mol. The van der Waals surface area contributed by atoms with Gasteiger partial charge >= 0.3 is 0 Å². The molecule has 0 aliphatic rings. The summed E-state index contributed by atoms with van der Waals surface area (Å²) in [5, 5.41) is 19.1. The number of hydrogen-bond donors (Lipinski definition) is 2. The predicted octanol–water partition coefficient (Wildman–Crippen LogP) is 1.63. The molecule has 0 aliphatic carbocycles. The zero-order valence-electron chi connectivity index (χ0n) is 11.1. The minimum Gasteiger partial charge on any atom is -0.396 e. The maximum atomic E-state index is 12.9. The lowest BCUT2D eigenvalue weighted by Crippen LogP contribution is -2.19. The molecule has 6 nitrogen and oxygen atoms in total. The monoisotopic (exact) mass is 312 g/mol. The Morgan fingerprint density at radius 2 is 2.29 bits per heavy atom. The number of benzene rings is 1. The fraction of sp³-hybridized carbons (Fsp3) is 0.308. The van der Waals surface area contributed by atoms with Gasteiger partial charge in [0.05, 0.1) is 16.4 Å². The lowest BCUT2D eigenvalue weighted by Gasteiger charge is -2.06. The molecule has 0 bridgehead atoms. The van der Waals surface area contributed by atoms with E-state index in [0.29, 0.717) is 24.2 Å². The molecular weight excluding hydrogens is 299 g/mol. The van der Waals surface area contributed by atoms with Crippen LogP contribution in [0.5, 0.6) is 0 Å². The Morgan fingerprint density at radius 3 is 3.00 bits per heavy atom. The average Bonchev–Trinajstić information content (AvgIpc) is 2.87. The highest BCUT2D eigenvalue weighted by Gasteiger charge is 2.09. The van der Waals surface area contributed by atoms with Gasteiger partial charge in [-0.2, -0.15) is 0 Å². The molecule has 2 aromatic rings. The SMILES string of the molecule is O=C(Cn1cc(CCCO)nn1)Nc1ccc(F)cc1Cl. The minimum absolute atomic E-state index is 0.0279. The van der Waals surface area contributed by atoms with Gasteiger partial charge in [-0.3, -0.25) is 4.79 Å². The van der Waals surface area contributed by atoms with Crippen molar-refractivity contribution in [2.24, 2.45) is 0 Å². The zero-order valence-corrected chi connectivity index (χ0v) is 11.8. The Morgan fingerprint density at radius 1 is 1.48 bits per heavy atom. The summed E-state index contributed by atoms with van der Waals surface area (Å²) in [7, 11) is 0. The van der Waals surface area contributed by atoms with E-state index in [1.54, 1.807) is 6.20 Å². The number of anilines is 1. The van der Waals surface area contributed by atoms with Crippen LogP contribution >= 0.6 is 11.6 Å². The van der Waals surface area contributed by atoms with E-state index in [-0.39, 0.29) is 24.1 Å². The van der Waals surface area contributed by atoms with Crippen molar-refractivity contribution in [3.8, 4) is 0 Å². The van der Waals surface area contributed by atoms with Crippen LogP contribution in [0.15, 0.2) is 24.4 Å². The number of aliphatic hydroxyl groups is 1. The third-order valence-electron chi connectivity index (χ3n) is 2.69. The van der Waals surface area contributed by atoms with Gasteiger partial charge in [-0.15, -0.1) is 5.10 Å². The van der Waals surface area contributed by atoms with Crippen LogP contribution in [0.1, 0.15) is 12.1 Å². The Kier molecular flexibility index (Phi) is 5.24. The van der Waals surface area contributed by atoms with E-state index < -0.39 is 5.82 Å². The number of carbonyl (C=O) groups excluding carboxylic acids is 1. The first-order chi connectivity index (χ1) is 10.1. The fourth-order valence-electron chi connectivity index (χ4n) is 1.72. The maximum Gasteiger partial charge on any atom is 0.246 e. The fourth-order valence-corrected chi connectivity index (χ4v) is 1.93. The number of aromatic nitrogens is 3. The standard InChI is InChI=1S/C13H14ClFN4O2/c14-11-6-9(15)3-4-12(11)16-13(21)8-19-7-10(17-18-19)2-1-5-20/h3-4,6-7,20H,1-2,5,8H2,(H,16,21). The van der Waals surface area contributed by atoms with Gasteiger partial charge < -0.3 is 10.4 Å². The molecule has 21 heavy (non-hydrogen) atoms. The number of carbonyl (C=O) groups is 1. The van der Waals surface area contributed by atoms with Gasteiger partial charge in [0.2, 0.25) is 5.91 Å². The number of amides is 1. The predicted molar refractivity (Wildman–Crippen MR) is 75.5 cm³/mol. The van der Waals surface area contributed by atoms with Crippen molar-refractivity contribution in [1.82, 2.24) is 15.0 Å². The van der Waals surface area contributed by atoms with Gasteiger partial charge in [-0.05, 0) is 31.0 Å². The molecule has 0 fully saturated rings. The van der Waals surface area contributed by atoms with E-state index in [9.17, 15) is 9.18 Å². The molecule has 2 rings (SSSR count). The van der Waals surface area contributed by atoms with Crippen LogP contribution in [-0.4, -0.2) is 32.6 Å². The van der Waals surface area contributed by atoms with E-state index >= 15 is 0 Å². The van der Waals surface area contributed by atoms with Gasteiger partial charge in [0.1, 0.15) is 12.4 Å². The Balaban J connectivity index is 1.93. The van der Waals surface area contributed by atoms with Gasteiger partial charge in [0.25, 0.3) is 0 Å². The van der Waals surface area contributed by atoms with Gasteiger partial charge in [0.15, 0.2) is 0 Å². The Labute approximate surface area is 125 Å². The van der Waals surface area contributed by atoms with E-state index in [0.717, 1.165) is 6.07 Å². The third-order valence-corrected chi connectivity index (χ3v) is 3.00. The number of aryl methyl sites for hydroxylation is 1. The van der Waals surface area contributed by atoms with E-state index in [1.165, 1.54) is 16.8 Å². The molecule has 112 valence electrons. The van der Waals surface area contributed by atoms with Crippen LogP contribution in [0.4, 0.5) is 10.1 Å². The number of halogens is 2. The van der Waals surface area contributed by atoms with Crippen molar-refractivity contribution in [2.45, 2.75) is 19.4 Å². The topological polar surface area (TPSA) is 80.0 Å². The highest BCUT2D eigenvalue weighted by atomic mass is 35.5. The number of aliphatic hydroxyl groups excluding tert-OH is 1. The molecule has 1 amide bonds. The summed E-state index contributed by atoms with van der Waals surface area (Å²) in [6.45, 7) is 0.0518. The molecule has 1 aromatic carbocycles. The summed E-state index contributed by atoms with van der Waals surface area (Å²) in [5.41, 5.74) is 1.04. The minimum atomic E-state index is -0.470. The quantitative estimate of drug-likeness (QED) is 0.849. The Hall–Kier alpha value is -1.99. The number of rotatable bonds is 6. The second-order valence-corrected chi connectivity index (χ2v) is 4.81. The van der Waals surface area contributed by atoms with Crippen LogP contribution in [0, 0.1) is 5.82 Å².